The van der Waals surface area contributed by atoms with Crippen molar-refractivity contribution in [2.75, 3.05) is 11.9 Å². The number of aromatic nitrogens is 1. The zero-order valence-electron chi connectivity index (χ0n) is 7.89. The van der Waals surface area contributed by atoms with Crippen molar-refractivity contribution in [3.05, 3.63) is 42.1 Å². The molecule has 0 aromatic carbocycles. The van der Waals surface area contributed by atoms with Crippen LogP contribution >= 0.6 is 15.9 Å². The number of halogens is 1. The summed E-state index contributed by atoms with van der Waals surface area (Å²) >= 11 is 3.32. The number of aliphatic hydroxyl groups excluding tert-OH is 1. The minimum absolute atomic E-state index is 0.179. The first-order valence-electron chi connectivity index (χ1n) is 4.45. The Balaban J connectivity index is 2.26. The second kappa shape index (κ2) is 4.20. The lowest BCUT2D eigenvalue weighted by atomic mass is 10.2. The maximum atomic E-state index is 8.93. The van der Waals surface area contributed by atoms with E-state index in [9.17, 15) is 0 Å². The third kappa shape index (κ3) is 1.85. The Labute approximate surface area is 95.7 Å². The van der Waals surface area contributed by atoms with Crippen LogP contribution in [0.1, 0.15) is 5.69 Å². The van der Waals surface area contributed by atoms with Gasteiger partial charge in [0.2, 0.25) is 0 Å². The van der Waals surface area contributed by atoms with E-state index in [2.05, 4.69) is 20.9 Å². The highest BCUT2D eigenvalue weighted by molar-refractivity contribution is 9.09. The quantitative estimate of drug-likeness (QED) is 0.847. The van der Waals surface area contributed by atoms with Crippen LogP contribution in [0.4, 0.5) is 0 Å². The molecular weight excluding hydrogens is 262 g/mol. The number of ether oxygens (including phenoxy) is 2. The first kappa shape index (κ1) is 10.4. The van der Waals surface area contributed by atoms with Crippen molar-refractivity contribution in [1.29, 1.82) is 0 Å². The van der Waals surface area contributed by atoms with Crippen LogP contribution in [0.15, 0.2) is 36.4 Å². The number of hydrogen-bond donors (Lipinski definition) is 1. The summed E-state index contributed by atoms with van der Waals surface area (Å²) in [6.45, 7) is -0.179. The maximum Gasteiger partial charge on any atom is 0.304 e. The Kier molecular flexibility index (Phi) is 2.93. The van der Waals surface area contributed by atoms with Gasteiger partial charge in [0.05, 0.1) is 5.33 Å². The fourth-order valence-electron chi connectivity index (χ4n) is 1.32. The van der Waals surface area contributed by atoms with Crippen LogP contribution < -0.4 is 0 Å². The third-order valence-corrected chi connectivity index (χ3v) is 2.80. The largest absolute Gasteiger partial charge is 0.450 e. The van der Waals surface area contributed by atoms with Gasteiger partial charge in [-0.05, 0) is 12.1 Å². The molecule has 1 aliphatic rings. The van der Waals surface area contributed by atoms with Crippen molar-refractivity contribution < 1.29 is 14.6 Å². The van der Waals surface area contributed by atoms with Gasteiger partial charge in [0.1, 0.15) is 18.6 Å². The lowest BCUT2D eigenvalue weighted by Crippen LogP contribution is -2.30. The number of rotatable bonds is 3. The highest BCUT2D eigenvalue weighted by Gasteiger charge is 2.41. The summed E-state index contributed by atoms with van der Waals surface area (Å²) < 4.78 is 10.9. The van der Waals surface area contributed by atoms with E-state index in [1.165, 1.54) is 6.26 Å². The highest BCUT2D eigenvalue weighted by Crippen LogP contribution is 2.35. The molecule has 1 aromatic heterocycles. The predicted molar refractivity (Wildman–Crippen MR) is 57.0 cm³/mol. The second-order valence-corrected chi connectivity index (χ2v) is 3.62. The monoisotopic (exact) mass is 271 g/mol. The minimum atomic E-state index is -0.945. The van der Waals surface area contributed by atoms with Crippen molar-refractivity contribution in [2.24, 2.45) is 0 Å². The first-order chi connectivity index (χ1) is 7.30. The predicted octanol–water partition coefficient (Wildman–Crippen LogP) is 1.51. The van der Waals surface area contributed by atoms with Crippen molar-refractivity contribution in [3.63, 3.8) is 0 Å². The molecule has 0 saturated heterocycles. The van der Waals surface area contributed by atoms with Crippen LogP contribution in [-0.4, -0.2) is 22.0 Å². The van der Waals surface area contributed by atoms with E-state index < -0.39 is 5.79 Å². The molecule has 0 radical (unpaired) electrons. The number of hydrogen-bond acceptors (Lipinski definition) is 4. The van der Waals surface area contributed by atoms with Gasteiger partial charge in [-0.2, -0.15) is 0 Å². The Hall–Kier alpha value is -1.07. The van der Waals surface area contributed by atoms with Crippen molar-refractivity contribution in [2.45, 2.75) is 5.79 Å². The average Bonchev–Trinajstić information content (AvgIpc) is 2.75. The molecule has 2 rings (SSSR count). The summed E-state index contributed by atoms with van der Waals surface area (Å²) in [7, 11) is 0. The summed E-state index contributed by atoms with van der Waals surface area (Å²) in [6.07, 6.45) is 3.08. The molecule has 0 aliphatic carbocycles. The van der Waals surface area contributed by atoms with Gasteiger partial charge in [0, 0.05) is 6.20 Å². The average molecular weight is 272 g/mol. The Morgan fingerprint density at radius 2 is 2.33 bits per heavy atom. The molecule has 1 N–H and O–H groups in total. The van der Waals surface area contributed by atoms with Crippen LogP contribution in [0, 0.1) is 0 Å². The van der Waals surface area contributed by atoms with E-state index in [4.69, 9.17) is 14.6 Å². The molecule has 0 fully saturated rings. The number of nitrogens with zero attached hydrogens (tertiary/aromatic N) is 1. The van der Waals surface area contributed by atoms with Gasteiger partial charge < -0.3 is 14.6 Å². The summed E-state index contributed by atoms with van der Waals surface area (Å²) in [5.41, 5.74) is 0.668. The second-order valence-electron chi connectivity index (χ2n) is 3.06. The smallest absolute Gasteiger partial charge is 0.304 e. The van der Waals surface area contributed by atoms with Crippen molar-refractivity contribution in [3.8, 4) is 0 Å². The van der Waals surface area contributed by atoms with Crippen LogP contribution in [0.25, 0.3) is 0 Å². The van der Waals surface area contributed by atoms with Gasteiger partial charge in [-0.1, -0.05) is 22.0 Å². The van der Waals surface area contributed by atoms with Crippen LogP contribution in [0.2, 0.25) is 0 Å². The molecule has 0 spiro atoms. The van der Waals surface area contributed by atoms with Gasteiger partial charge >= 0.3 is 5.79 Å². The van der Waals surface area contributed by atoms with Gasteiger partial charge in [-0.3, -0.25) is 4.98 Å². The van der Waals surface area contributed by atoms with Gasteiger partial charge in [-0.25, -0.2) is 0 Å². The minimum Gasteiger partial charge on any atom is -0.450 e. The Morgan fingerprint density at radius 3 is 2.87 bits per heavy atom. The van der Waals surface area contributed by atoms with E-state index >= 15 is 0 Å². The summed E-state index contributed by atoms with van der Waals surface area (Å²) in [5, 5.41) is 9.37. The van der Waals surface area contributed by atoms with Crippen LogP contribution in [-0.2, 0) is 15.3 Å². The van der Waals surface area contributed by atoms with Crippen molar-refractivity contribution in [1.82, 2.24) is 4.98 Å². The van der Waals surface area contributed by atoms with Gasteiger partial charge in [0.15, 0.2) is 5.76 Å². The summed E-state index contributed by atoms with van der Waals surface area (Å²) in [6, 6.07) is 5.49. The molecule has 2 heterocycles. The van der Waals surface area contributed by atoms with Crippen LogP contribution in [0.3, 0.4) is 0 Å². The number of aliphatic hydroxyl groups is 1. The zero-order valence-corrected chi connectivity index (χ0v) is 9.48. The standard InChI is InChI=1S/C10H10BrNO3/c11-7-10(9-3-1-2-4-12-9)14-6-8(5-13)15-10/h1-4,6,13H,5,7H2. The molecule has 1 aliphatic heterocycles. The topological polar surface area (TPSA) is 51.6 Å². The SMILES string of the molecule is OCC1=COC(CBr)(c2ccccn2)O1. The molecule has 0 saturated carbocycles. The number of pyridine rings is 1. The lowest BCUT2D eigenvalue weighted by molar-refractivity contribution is -0.141. The molecule has 15 heavy (non-hydrogen) atoms. The van der Waals surface area contributed by atoms with Gasteiger partial charge in [-0.15, -0.1) is 0 Å². The fraction of sp³-hybridized carbons (Fsp3) is 0.300. The molecule has 80 valence electrons. The molecule has 4 nitrogen and oxygen atoms in total. The lowest BCUT2D eigenvalue weighted by Gasteiger charge is -2.25. The Morgan fingerprint density at radius 1 is 1.47 bits per heavy atom. The summed E-state index contributed by atoms with van der Waals surface area (Å²) in [4.78, 5) is 4.18. The van der Waals surface area contributed by atoms with Crippen molar-refractivity contribution >= 4 is 15.9 Å². The van der Waals surface area contributed by atoms with Crippen LogP contribution in [0.5, 0.6) is 0 Å². The number of alkyl halides is 1. The molecule has 5 heteroatoms. The molecular formula is C10H10BrNO3. The molecule has 0 amide bonds. The van der Waals surface area contributed by atoms with E-state index in [-0.39, 0.29) is 6.61 Å². The zero-order chi connectivity index (χ0) is 10.7. The Bertz CT molecular complexity index is 368. The van der Waals surface area contributed by atoms with Gasteiger partial charge in [0.25, 0.3) is 0 Å². The molecule has 1 unspecified atom stereocenters. The molecule has 1 atom stereocenters. The highest BCUT2D eigenvalue weighted by atomic mass is 79.9. The maximum absolute atomic E-state index is 8.93. The third-order valence-electron chi connectivity index (χ3n) is 2.06. The van der Waals surface area contributed by atoms with E-state index in [0.717, 1.165) is 0 Å². The first-order valence-corrected chi connectivity index (χ1v) is 5.57. The van der Waals surface area contributed by atoms with E-state index in [1.807, 2.05) is 18.2 Å². The molecule has 1 aromatic rings. The van der Waals surface area contributed by atoms with E-state index in [0.29, 0.717) is 16.8 Å². The summed E-state index contributed by atoms with van der Waals surface area (Å²) in [5.74, 6) is -0.542. The van der Waals surface area contributed by atoms with E-state index in [1.54, 1.807) is 6.20 Å². The normalized spacial score (nSPS) is 24.3. The molecule has 0 bridgehead atoms. The fourth-order valence-corrected chi connectivity index (χ4v) is 1.85.